The number of benzene rings is 1. The number of nitrogens with one attached hydrogen (secondary N) is 2. The Labute approximate surface area is 152 Å². The summed E-state index contributed by atoms with van der Waals surface area (Å²) in [7, 11) is 1.76. The molecule has 0 aliphatic carbocycles. The summed E-state index contributed by atoms with van der Waals surface area (Å²) in [6, 6.07) is 10.5. The first kappa shape index (κ1) is 17.7. The lowest BCUT2D eigenvalue weighted by molar-refractivity contribution is -0.113. The second-order valence-electron chi connectivity index (χ2n) is 5.51. The van der Waals surface area contributed by atoms with Gasteiger partial charge in [-0.25, -0.2) is 9.67 Å². The molecule has 0 radical (unpaired) electrons. The average Bonchev–Trinajstić information content (AvgIpc) is 2.84. The molecule has 0 fully saturated rings. The summed E-state index contributed by atoms with van der Waals surface area (Å²) in [5.41, 5.74) is 0.998. The molecule has 0 saturated heterocycles. The third-order valence-corrected chi connectivity index (χ3v) is 4.69. The van der Waals surface area contributed by atoms with E-state index in [0.717, 1.165) is 11.8 Å². The molecule has 0 aliphatic heterocycles. The standard InChI is InChI=1S/C17H17N5O3S/c1-11-15(16(25)22(21(11)2)12-6-4-3-5-7-12)19-14(24)10-26-17-18-9-8-13(23)20-17/h3-9H,10H2,1-2H3,(H,19,24)(H,18,20,23). The second-order valence-corrected chi connectivity index (χ2v) is 6.48. The van der Waals surface area contributed by atoms with Crippen LogP contribution >= 0.6 is 11.8 Å². The third-order valence-electron chi connectivity index (χ3n) is 3.81. The highest BCUT2D eigenvalue weighted by Gasteiger charge is 2.18. The van der Waals surface area contributed by atoms with E-state index in [-0.39, 0.29) is 28.5 Å². The minimum atomic E-state index is -0.354. The third kappa shape index (κ3) is 3.62. The van der Waals surface area contributed by atoms with Crippen LogP contribution in [-0.2, 0) is 11.8 Å². The van der Waals surface area contributed by atoms with E-state index in [1.54, 1.807) is 18.7 Å². The largest absolute Gasteiger partial charge is 0.319 e. The first-order valence-electron chi connectivity index (χ1n) is 7.79. The lowest BCUT2D eigenvalue weighted by Crippen LogP contribution is -2.23. The maximum atomic E-state index is 12.7. The van der Waals surface area contributed by atoms with Crippen LogP contribution in [0, 0.1) is 6.92 Å². The molecule has 0 unspecified atom stereocenters. The topological polar surface area (TPSA) is 102 Å². The molecule has 0 bridgehead atoms. The van der Waals surface area contributed by atoms with E-state index < -0.39 is 0 Å². The number of rotatable bonds is 5. The predicted molar refractivity (Wildman–Crippen MR) is 100.0 cm³/mol. The molecule has 0 saturated carbocycles. The maximum absolute atomic E-state index is 12.7. The fraction of sp³-hybridized carbons (Fsp3) is 0.176. The number of thioether (sulfide) groups is 1. The van der Waals surface area contributed by atoms with Crippen LogP contribution in [0.5, 0.6) is 0 Å². The van der Waals surface area contributed by atoms with Crippen LogP contribution in [0.25, 0.3) is 5.69 Å². The highest BCUT2D eigenvalue weighted by Crippen LogP contribution is 2.15. The number of carbonyl (C=O) groups is 1. The van der Waals surface area contributed by atoms with Gasteiger partial charge in [0.25, 0.3) is 11.1 Å². The second kappa shape index (κ2) is 7.44. The van der Waals surface area contributed by atoms with Crippen molar-refractivity contribution in [3.63, 3.8) is 0 Å². The van der Waals surface area contributed by atoms with Gasteiger partial charge in [-0.2, -0.15) is 0 Å². The molecule has 1 aromatic carbocycles. The Morgan fingerprint density at radius 1 is 1.23 bits per heavy atom. The molecule has 3 rings (SSSR count). The fourth-order valence-corrected chi connectivity index (χ4v) is 3.10. The molecule has 2 N–H and O–H groups in total. The Bertz CT molecular complexity index is 1050. The van der Waals surface area contributed by atoms with Gasteiger partial charge in [0, 0.05) is 19.3 Å². The van der Waals surface area contributed by atoms with Crippen LogP contribution in [0.15, 0.2) is 57.3 Å². The smallest absolute Gasteiger partial charge is 0.295 e. The minimum absolute atomic E-state index is 0.0199. The van der Waals surface area contributed by atoms with Gasteiger partial charge in [0.1, 0.15) is 5.69 Å². The monoisotopic (exact) mass is 371 g/mol. The van der Waals surface area contributed by atoms with Gasteiger partial charge in [-0.05, 0) is 19.1 Å². The number of hydrogen-bond donors (Lipinski definition) is 2. The lowest BCUT2D eigenvalue weighted by atomic mass is 10.3. The van der Waals surface area contributed by atoms with Gasteiger partial charge in [-0.15, -0.1) is 0 Å². The lowest BCUT2D eigenvalue weighted by Gasteiger charge is -2.07. The molecule has 2 aromatic heterocycles. The summed E-state index contributed by atoms with van der Waals surface area (Å²) in [5, 5.41) is 3.01. The van der Waals surface area contributed by atoms with E-state index in [2.05, 4.69) is 15.3 Å². The van der Waals surface area contributed by atoms with Gasteiger partial charge in [-0.1, -0.05) is 30.0 Å². The highest BCUT2D eigenvalue weighted by molar-refractivity contribution is 7.99. The van der Waals surface area contributed by atoms with Crippen LogP contribution in [-0.4, -0.2) is 31.0 Å². The minimum Gasteiger partial charge on any atom is -0.319 e. The predicted octanol–water partition coefficient (Wildman–Crippen LogP) is 1.30. The molecule has 0 atom stereocenters. The SMILES string of the molecule is Cc1c(NC(=O)CSc2nccc(=O)[nH]2)c(=O)n(-c2ccccc2)n1C. The molecular weight excluding hydrogens is 354 g/mol. The summed E-state index contributed by atoms with van der Waals surface area (Å²) in [6.45, 7) is 1.76. The van der Waals surface area contributed by atoms with Gasteiger partial charge in [0.2, 0.25) is 5.91 Å². The summed E-state index contributed by atoms with van der Waals surface area (Å²) >= 11 is 1.09. The van der Waals surface area contributed by atoms with Crippen LogP contribution in [0.2, 0.25) is 0 Å². The molecule has 0 aliphatic rings. The zero-order chi connectivity index (χ0) is 18.7. The number of aromatic nitrogens is 4. The molecule has 8 nitrogen and oxygen atoms in total. The van der Waals surface area contributed by atoms with Gasteiger partial charge in [0.15, 0.2) is 5.16 Å². The molecule has 9 heteroatoms. The van der Waals surface area contributed by atoms with Crippen molar-refractivity contribution in [3.8, 4) is 5.69 Å². The zero-order valence-corrected chi connectivity index (χ0v) is 15.0. The molecule has 2 heterocycles. The van der Waals surface area contributed by atoms with Crippen LogP contribution < -0.4 is 16.4 Å². The Morgan fingerprint density at radius 3 is 2.65 bits per heavy atom. The molecule has 0 spiro atoms. The van der Waals surface area contributed by atoms with Crippen molar-refractivity contribution in [2.45, 2.75) is 12.1 Å². The average molecular weight is 371 g/mol. The first-order valence-corrected chi connectivity index (χ1v) is 8.78. The Balaban J connectivity index is 1.79. The van der Waals surface area contributed by atoms with Crippen molar-refractivity contribution < 1.29 is 4.79 Å². The Hall–Kier alpha value is -3.07. The van der Waals surface area contributed by atoms with Gasteiger partial charge in [0.05, 0.1) is 17.1 Å². The maximum Gasteiger partial charge on any atom is 0.295 e. The van der Waals surface area contributed by atoms with Crippen LogP contribution in [0.3, 0.4) is 0 Å². The summed E-state index contributed by atoms with van der Waals surface area (Å²) < 4.78 is 3.19. The number of nitrogens with zero attached hydrogens (tertiary/aromatic N) is 3. The van der Waals surface area contributed by atoms with Gasteiger partial charge >= 0.3 is 0 Å². The molecule has 134 valence electrons. The van der Waals surface area contributed by atoms with Crippen LogP contribution in [0.4, 0.5) is 5.69 Å². The molecule has 26 heavy (non-hydrogen) atoms. The highest BCUT2D eigenvalue weighted by atomic mass is 32.2. The van der Waals surface area contributed by atoms with Crippen LogP contribution in [0.1, 0.15) is 5.69 Å². The van der Waals surface area contributed by atoms with Crippen molar-refractivity contribution in [1.29, 1.82) is 0 Å². The Morgan fingerprint density at radius 2 is 1.96 bits per heavy atom. The Kier molecular flexibility index (Phi) is 5.08. The van der Waals surface area contributed by atoms with E-state index in [1.165, 1.54) is 16.9 Å². The molecule has 1 amide bonds. The fourth-order valence-electron chi connectivity index (χ4n) is 2.45. The normalized spacial score (nSPS) is 10.7. The molecule has 3 aromatic rings. The van der Waals surface area contributed by atoms with Gasteiger partial charge < -0.3 is 10.3 Å². The van der Waals surface area contributed by atoms with E-state index in [0.29, 0.717) is 16.5 Å². The summed E-state index contributed by atoms with van der Waals surface area (Å²) in [4.78, 5) is 42.7. The number of anilines is 1. The van der Waals surface area contributed by atoms with E-state index in [1.807, 2.05) is 30.3 Å². The van der Waals surface area contributed by atoms with E-state index in [9.17, 15) is 14.4 Å². The van der Waals surface area contributed by atoms with Crippen molar-refractivity contribution in [1.82, 2.24) is 19.3 Å². The van der Waals surface area contributed by atoms with Gasteiger partial charge in [-0.3, -0.25) is 19.1 Å². The van der Waals surface area contributed by atoms with E-state index in [4.69, 9.17) is 0 Å². The van der Waals surface area contributed by atoms with Crippen molar-refractivity contribution in [2.75, 3.05) is 11.1 Å². The number of H-pyrrole nitrogens is 1. The first-order chi connectivity index (χ1) is 12.5. The zero-order valence-electron chi connectivity index (χ0n) is 14.2. The number of amides is 1. The van der Waals surface area contributed by atoms with E-state index >= 15 is 0 Å². The number of para-hydroxylation sites is 1. The summed E-state index contributed by atoms with van der Waals surface area (Å²) in [6.07, 6.45) is 1.37. The summed E-state index contributed by atoms with van der Waals surface area (Å²) in [5.74, 6) is -0.334. The number of carbonyl (C=O) groups excluding carboxylic acids is 1. The number of hydrogen-bond acceptors (Lipinski definition) is 5. The number of aromatic amines is 1. The van der Waals surface area contributed by atoms with Crippen molar-refractivity contribution >= 4 is 23.4 Å². The van der Waals surface area contributed by atoms with Crippen molar-refractivity contribution in [3.05, 3.63) is 69.0 Å². The quantitative estimate of drug-likeness (QED) is 0.520. The molecular formula is C17H17N5O3S. The van der Waals surface area contributed by atoms with Crippen molar-refractivity contribution in [2.24, 2.45) is 7.05 Å².